The zero-order valence-corrected chi connectivity index (χ0v) is 12.0. The molecular weight excluding hydrogens is 277 g/mol. The Morgan fingerprint density at radius 1 is 1.52 bits per heavy atom. The zero-order valence-electron chi connectivity index (χ0n) is 12.0. The lowest BCUT2D eigenvalue weighted by molar-refractivity contribution is -0.387. The average molecular weight is 295 g/mol. The smallest absolute Gasteiger partial charge is 0.304 e. The van der Waals surface area contributed by atoms with Crippen LogP contribution in [-0.2, 0) is 0 Å². The number of piperidine rings is 1. The van der Waals surface area contributed by atoms with Gasteiger partial charge >= 0.3 is 5.69 Å². The first kappa shape index (κ1) is 15.4. The first-order chi connectivity index (χ1) is 9.88. The Balaban J connectivity index is 2.07. The van der Waals surface area contributed by atoms with Crippen LogP contribution in [0.25, 0.3) is 0 Å². The van der Waals surface area contributed by atoms with Crippen molar-refractivity contribution in [3.05, 3.63) is 39.7 Å². The average Bonchev–Trinajstić information content (AvgIpc) is 2.41. The van der Waals surface area contributed by atoms with E-state index in [-0.39, 0.29) is 11.6 Å². The molecule has 1 aliphatic heterocycles. The van der Waals surface area contributed by atoms with Crippen molar-refractivity contribution in [1.29, 1.82) is 0 Å². The minimum Gasteiger partial charge on any atom is -0.349 e. The molecule has 2 rings (SSSR count). The van der Waals surface area contributed by atoms with E-state index in [2.05, 4.69) is 17.1 Å². The third kappa shape index (κ3) is 3.55. The summed E-state index contributed by atoms with van der Waals surface area (Å²) in [5.74, 6) is -1.09. The fourth-order valence-corrected chi connectivity index (χ4v) is 2.62. The fraction of sp³-hybridized carbons (Fsp3) is 0.500. The van der Waals surface area contributed by atoms with Crippen molar-refractivity contribution in [3.8, 4) is 0 Å². The molecular formula is C14H18FN3O3. The van der Waals surface area contributed by atoms with Crippen molar-refractivity contribution >= 4 is 11.6 Å². The SMILES string of the molecule is CC1CN(C)CCC1NC(=O)c1ccc([N+](=O)[O-])c(F)c1. The maximum Gasteiger partial charge on any atom is 0.304 e. The van der Waals surface area contributed by atoms with Crippen LogP contribution in [0.2, 0.25) is 0 Å². The molecule has 1 heterocycles. The van der Waals surface area contributed by atoms with E-state index >= 15 is 0 Å². The van der Waals surface area contributed by atoms with E-state index in [0.717, 1.165) is 31.6 Å². The van der Waals surface area contributed by atoms with Crippen LogP contribution in [0.1, 0.15) is 23.7 Å². The lowest BCUT2D eigenvalue weighted by Crippen LogP contribution is -2.48. The largest absolute Gasteiger partial charge is 0.349 e. The van der Waals surface area contributed by atoms with Gasteiger partial charge in [0.05, 0.1) is 4.92 Å². The summed E-state index contributed by atoms with van der Waals surface area (Å²) in [5, 5.41) is 13.4. The van der Waals surface area contributed by atoms with Crippen LogP contribution in [0, 0.1) is 21.8 Å². The number of carbonyl (C=O) groups is 1. The molecule has 1 amide bonds. The minimum atomic E-state index is -0.996. The van der Waals surface area contributed by atoms with E-state index in [1.165, 1.54) is 6.07 Å². The van der Waals surface area contributed by atoms with E-state index in [1.54, 1.807) is 0 Å². The van der Waals surface area contributed by atoms with Crippen LogP contribution in [0.15, 0.2) is 18.2 Å². The summed E-state index contributed by atoms with van der Waals surface area (Å²) in [4.78, 5) is 24.0. The summed E-state index contributed by atoms with van der Waals surface area (Å²) in [6.07, 6.45) is 0.832. The van der Waals surface area contributed by atoms with Crippen LogP contribution in [0.4, 0.5) is 10.1 Å². The number of nitro groups is 1. The van der Waals surface area contributed by atoms with Crippen molar-refractivity contribution in [2.75, 3.05) is 20.1 Å². The summed E-state index contributed by atoms with van der Waals surface area (Å²) < 4.78 is 13.5. The van der Waals surface area contributed by atoms with Crippen LogP contribution in [-0.4, -0.2) is 41.9 Å². The molecule has 1 aliphatic rings. The quantitative estimate of drug-likeness (QED) is 0.681. The van der Waals surface area contributed by atoms with Gasteiger partial charge in [-0.05, 0) is 38.1 Å². The van der Waals surface area contributed by atoms with Crippen molar-refractivity contribution < 1.29 is 14.1 Å². The standard InChI is InChI=1S/C14H18FN3O3/c1-9-8-17(2)6-5-12(9)16-14(19)10-3-4-13(18(20)21)11(15)7-10/h3-4,7,9,12H,5-6,8H2,1-2H3,(H,16,19). The number of halogens is 1. The molecule has 0 saturated carbocycles. The maximum atomic E-state index is 13.5. The second-order valence-electron chi connectivity index (χ2n) is 5.53. The van der Waals surface area contributed by atoms with Crippen LogP contribution in [0.5, 0.6) is 0 Å². The van der Waals surface area contributed by atoms with E-state index in [1.807, 2.05) is 7.05 Å². The number of amides is 1. The Morgan fingerprint density at radius 2 is 2.24 bits per heavy atom. The molecule has 1 saturated heterocycles. The highest BCUT2D eigenvalue weighted by atomic mass is 19.1. The van der Waals surface area contributed by atoms with Gasteiger partial charge in [-0.3, -0.25) is 14.9 Å². The van der Waals surface area contributed by atoms with Crippen LogP contribution < -0.4 is 5.32 Å². The molecule has 2 atom stereocenters. The lowest BCUT2D eigenvalue weighted by Gasteiger charge is -2.35. The number of likely N-dealkylation sites (tertiary alicyclic amines) is 1. The molecule has 1 N–H and O–H groups in total. The number of carbonyl (C=O) groups excluding carboxylic acids is 1. The van der Waals surface area contributed by atoms with Gasteiger partial charge in [-0.2, -0.15) is 4.39 Å². The van der Waals surface area contributed by atoms with Gasteiger partial charge in [0.25, 0.3) is 5.91 Å². The first-order valence-corrected chi connectivity index (χ1v) is 6.82. The molecule has 7 heteroatoms. The molecule has 2 unspecified atom stereocenters. The highest BCUT2D eigenvalue weighted by Crippen LogP contribution is 2.19. The molecule has 0 aromatic heterocycles. The molecule has 1 aromatic rings. The van der Waals surface area contributed by atoms with Gasteiger partial charge < -0.3 is 10.2 Å². The minimum absolute atomic E-state index is 0.0342. The normalized spacial score (nSPS) is 22.8. The van der Waals surface area contributed by atoms with E-state index in [9.17, 15) is 19.3 Å². The fourth-order valence-electron chi connectivity index (χ4n) is 2.62. The molecule has 114 valence electrons. The van der Waals surface area contributed by atoms with Crippen molar-refractivity contribution in [1.82, 2.24) is 10.2 Å². The molecule has 0 bridgehead atoms. The van der Waals surface area contributed by atoms with Gasteiger partial charge in [0.1, 0.15) is 0 Å². The molecule has 1 aromatic carbocycles. The highest BCUT2D eigenvalue weighted by Gasteiger charge is 2.26. The second-order valence-corrected chi connectivity index (χ2v) is 5.53. The lowest BCUT2D eigenvalue weighted by atomic mass is 9.94. The Kier molecular flexibility index (Phi) is 4.52. The van der Waals surface area contributed by atoms with E-state index < -0.39 is 22.3 Å². The Hall–Kier alpha value is -2.02. The molecule has 0 aliphatic carbocycles. The number of hydrogen-bond donors (Lipinski definition) is 1. The topological polar surface area (TPSA) is 75.5 Å². The maximum absolute atomic E-state index is 13.5. The summed E-state index contributed by atoms with van der Waals surface area (Å²) in [6.45, 7) is 3.83. The van der Waals surface area contributed by atoms with E-state index in [0.29, 0.717) is 5.92 Å². The van der Waals surface area contributed by atoms with Crippen molar-refractivity contribution in [3.63, 3.8) is 0 Å². The van der Waals surface area contributed by atoms with Gasteiger partial charge in [-0.15, -0.1) is 0 Å². The third-order valence-corrected chi connectivity index (χ3v) is 3.83. The monoisotopic (exact) mass is 295 g/mol. The van der Waals surface area contributed by atoms with Crippen molar-refractivity contribution in [2.45, 2.75) is 19.4 Å². The first-order valence-electron chi connectivity index (χ1n) is 6.82. The summed E-state index contributed by atoms with van der Waals surface area (Å²) in [7, 11) is 2.03. The second kappa shape index (κ2) is 6.17. The molecule has 21 heavy (non-hydrogen) atoms. The van der Waals surface area contributed by atoms with Gasteiger partial charge in [0.15, 0.2) is 0 Å². The molecule has 0 radical (unpaired) electrons. The molecule has 1 fully saturated rings. The summed E-state index contributed by atoms with van der Waals surface area (Å²) in [5.41, 5.74) is -0.525. The Labute approximate surface area is 122 Å². The number of rotatable bonds is 3. The predicted molar refractivity (Wildman–Crippen MR) is 75.6 cm³/mol. The van der Waals surface area contributed by atoms with Crippen molar-refractivity contribution in [2.24, 2.45) is 5.92 Å². The van der Waals surface area contributed by atoms with Gasteiger partial charge in [-0.25, -0.2) is 0 Å². The Bertz CT molecular complexity index is 564. The number of nitrogens with zero attached hydrogens (tertiary/aromatic N) is 2. The van der Waals surface area contributed by atoms with Crippen LogP contribution >= 0.6 is 0 Å². The predicted octanol–water partition coefficient (Wildman–Crippen LogP) is 1.80. The highest BCUT2D eigenvalue weighted by molar-refractivity contribution is 5.94. The van der Waals surface area contributed by atoms with Crippen LogP contribution in [0.3, 0.4) is 0 Å². The number of nitrogens with one attached hydrogen (secondary N) is 1. The Morgan fingerprint density at radius 3 is 2.81 bits per heavy atom. The summed E-state index contributed by atoms with van der Waals surface area (Å²) in [6, 6.07) is 3.23. The number of benzene rings is 1. The number of nitro benzene ring substituents is 1. The molecule has 6 nitrogen and oxygen atoms in total. The van der Waals surface area contributed by atoms with Gasteiger partial charge in [0, 0.05) is 24.2 Å². The zero-order chi connectivity index (χ0) is 15.6. The van der Waals surface area contributed by atoms with Gasteiger partial charge in [0.2, 0.25) is 5.82 Å². The van der Waals surface area contributed by atoms with E-state index in [4.69, 9.17) is 0 Å². The summed E-state index contributed by atoms with van der Waals surface area (Å²) >= 11 is 0. The number of hydrogen-bond acceptors (Lipinski definition) is 4. The third-order valence-electron chi connectivity index (χ3n) is 3.83. The molecule has 0 spiro atoms. The van der Waals surface area contributed by atoms with Gasteiger partial charge in [-0.1, -0.05) is 6.92 Å².